The first-order valence-corrected chi connectivity index (χ1v) is 10.2. The summed E-state index contributed by atoms with van der Waals surface area (Å²) >= 11 is 1.95. The Morgan fingerprint density at radius 2 is 1.81 bits per heavy atom. The maximum atomic E-state index is 11.3. The fraction of sp³-hybridized carbons (Fsp3) is 0.318. The summed E-state index contributed by atoms with van der Waals surface area (Å²) in [4.78, 5) is 11.3. The third-order valence-electron chi connectivity index (χ3n) is 4.43. The molecule has 0 spiro atoms. The second kappa shape index (κ2) is 9.51. The molecule has 0 bridgehead atoms. The smallest absolute Gasteiger partial charge is 0.343 e. The van der Waals surface area contributed by atoms with Crippen molar-refractivity contribution in [2.75, 3.05) is 25.2 Å². The summed E-state index contributed by atoms with van der Waals surface area (Å²) in [6.45, 7) is 1.86. The number of furan rings is 1. The van der Waals surface area contributed by atoms with Crippen LogP contribution in [0, 0.1) is 6.92 Å². The van der Waals surface area contributed by atoms with Gasteiger partial charge in [-0.15, -0.1) is 0 Å². The van der Waals surface area contributed by atoms with Crippen LogP contribution in [0.2, 0.25) is 0 Å². The van der Waals surface area contributed by atoms with E-state index < -0.39 is 5.97 Å². The molecular formula is C22H24O4S. The van der Waals surface area contributed by atoms with E-state index in [0.717, 1.165) is 35.5 Å². The van der Waals surface area contributed by atoms with Gasteiger partial charge in [-0.1, -0.05) is 42.5 Å². The molecule has 3 rings (SSSR count). The predicted octanol–water partition coefficient (Wildman–Crippen LogP) is 4.81. The van der Waals surface area contributed by atoms with Crippen LogP contribution in [0.4, 0.5) is 0 Å². The molecule has 1 aromatic heterocycles. The largest absolute Gasteiger partial charge is 0.478 e. The molecule has 3 aromatic rings. The second-order valence-electron chi connectivity index (χ2n) is 6.23. The number of hydrogen-bond acceptors (Lipinski definition) is 5. The molecule has 0 radical (unpaired) electrons. The monoisotopic (exact) mass is 384 g/mol. The number of para-hydroxylation sites is 1. The minimum absolute atomic E-state index is 0.125. The van der Waals surface area contributed by atoms with Crippen molar-refractivity contribution in [1.29, 1.82) is 0 Å². The molecule has 0 unspecified atom stereocenters. The van der Waals surface area contributed by atoms with Gasteiger partial charge in [0.25, 0.3) is 0 Å². The molecular weight excluding hydrogens is 360 g/mol. The predicted molar refractivity (Wildman–Crippen MR) is 110 cm³/mol. The lowest BCUT2D eigenvalue weighted by molar-refractivity contribution is -0.142. The summed E-state index contributed by atoms with van der Waals surface area (Å²) in [5.74, 6) is 3.21. The molecule has 1 heterocycles. The first kappa shape index (κ1) is 19.4. The van der Waals surface area contributed by atoms with E-state index in [9.17, 15) is 4.79 Å². The number of esters is 1. The Balaban J connectivity index is 1.59. The number of thioether (sulfide) groups is 1. The Bertz CT molecular complexity index is 886. The number of aryl methyl sites for hydroxylation is 3. The first-order valence-electron chi connectivity index (χ1n) is 9.01. The molecule has 0 aliphatic rings. The summed E-state index contributed by atoms with van der Waals surface area (Å²) in [6.07, 6.45) is 2.03. The summed E-state index contributed by atoms with van der Waals surface area (Å²) < 4.78 is 16.1. The molecule has 0 atom stereocenters. The minimum atomic E-state index is -0.412. The molecule has 0 amide bonds. The fourth-order valence-electron chi connectivity index (χ4n) is 2.99. The average molecular weight is 384 g/mol. The molecule has 0 saturated carbocycles. The lowest BCUT2D eigenvalue weighted by atomic mass is 10.1. The van der Waals surface area contributed by atoms with Gasteiger partial charge in [-0.05, 0) is 42.9 Å². The summed E-state index contributed by atoms with van der Waals surface area (Å²) in [5.41, 5.74) is 3.28. The molecule has 0 aliphatic heterocycles. The zero-order chi connectivity index (χ0) is 19.1. The summed E-state index contributed by atoms with van der Waals surface area (Å²) in [7, 11) is 1.34. The van der Waals surface area contributed by atoms with Crippen LogP contribution in [0.1, 0.15) is 16.9 Å². The van der Waals surface area contributed by atoms with Gasteiger partial charge in [0.05, 0.1) is 7.11 Å². The molecule has 5 heteroatoms. The Hall–Kier alpha value is -2.40. The van der Waals surface area contributed by atoms with Crippen molar-refractivity contribution in [2.24, 2.45) is 0 Å². The topological polar surface area (TPSA) is 48.7 Å². The van der Waals surface area contributed by atoms with Gasteiger partial charge in [0.15, 0.2) is 17.9 Å². The van der Waals surface area contributed by atoms with Gasteiger partial charge in [0.2, 0.25) is 0 Å². The van der Waals surface area contributed by atoms with Crippen LogP contribution in [-0.2, 0) is 22.4 Å². The molecule has 142 valence electrons. The Morgan fingerprint density at radius 1 is 1.04 bits per heavy atom. The van der Waals surface area contributed by atoms with Crippen LogP contribution in [-0.4, -0.2) is 31.2 Å². The van der Waals surface area contributed by atoms with Gasteiger partial charge in [-0.3, -0.25) is 0 Å². The third-order valence-corrected chi connectivity index (χ3v) is 5.42. The Labute approximate surface area is 163 Å². The Morgan fingerprint density at radius 3 is 2.59 bits per heavy atom. The SMILES string of the molecule is COC(=O)COc1cccc2c(CCSCCc3ccccc3)c(C)oc12. The quantitative estimate of drug-likeness (QED) is 0.391. The molecule has 2 aromatic carbocycles. The van der Waals surface area contributed by atoms with E-state index in [0.29, 0.717) is 11.3 Å². The van der Waals surface area contributed by atoms with Crippen molar-refractivity contribution in [3.05, 3.63) is 65.4 Å². The lowest BCUT2D eigenvalue weighted by Crippen LogP contribution is -2.12. The van der Waals surface area contributed by atoms with Crippen LogP contribution in [0.5, 0.6) is 5.75 Å². The zero-order valence-corrected chi connectivity index (χ0v) is 16.5. The van der Waals surface area contributed by atoms with Gasteiger partial charge in [-0.25, -0.2) is 4.79 Å². The number of hydrogen-bond donors (Lipinski definition) is 0. The van der Waals surface area contributed by atoms with E-state index in [1.54, 1.807) is 0 Å². The number of benzene rings is 2. The molecule has 4 nitrogen and oxygen atoms in total. The highest BCUT2D eigenvalue weighted by Gasteiger charge is 2.15. The van der Waals surface area contributed by atoms with E-state index in [4.69, 9.17) is 9.15 Å². The van der Waals surface area contributed by atoms with Crippen LogP contribution in [0.3, 0.4) is 0 Å². The maximum Gasteiger partial charge on any atom is 0.343 e. The Kier molecular flexibility index (Phi) is 6.82. The fourth-order valence-corrected chi connectivity index (χ4v) is 3.93. The van der Waals surface area contributed by atoms with Gasteiger partial charge in [0, 0.05) is 10.9 Å². The van der Waals surface area contributed by atoms with Crippen molar-refractivity contribution in [1.82, 2.24) is 0 Å². The van der Waals surface area contributed by atoms with Crippen LogP contribution >= 0.6 is 11.8 Å². The number of rotatable bonds is 9. The second-order valence-corrected chi connectivity index (χ2v) is 7.46. The molecule has 0 saturated heterocycles. The van der Waals surface area contributed by atoms with Crippen molar-refractivity contribution >= 4 is 28.7 Å². The number of ether oxygens (including phenoxy) is 2. The first-order chi connectivity index (χ1) is 13.2. The highest BCUT2D eigenvalue weighted by Crippen LogP contribution is 2.33. The average Bonchev–Trinajstić information content (AvgIpc) is 3.02. The highest BCUT2D eigenvalue weighted by molar-refractivity contribution is 7.99. The number of carbonyl (C=O) groups is 1. The van der Waals surface area contributed by atoms with Crippen molar-refractivity contribution in [3.8, 4) is 5.75 Å². The van der Waals surface area contributed by atoms with Crippen LogP contribution < -0.4 is 4.74 Å². The van der Waals surface area contributed by atoms with Gasteiger partial charge >= 0.3 is 5.97 Å². The summed E-state index contributed by atoms with van der Waals surface area (Å²) in [5, 5.41) is 1.05. The third kappa shape index (κ3) is 5.07. The summed E-state index contributed by atoms with van der Waals surface area (Å²) in [6, 6.07) is 16.3. The van der Waals surface area contributed by atoms with E-state index >= 15 is 0 Å². The number of fused-ring (bicyclic) bond motifs is 1. The molecule has 0 N–H and O–H groups in total. The molecule has 27 heavy (non-hydrogen) atoms. The van der Waals surface area contributed by atoms with Crippen LogP contribution in [0.15, 0.2) is 52.9 Å². The standard InChI is InChI=1S/C22H24O4S/c1-16-18(12-14-27-13-11-17-7-4-3-5-8-17)19-9-6-10-20(22(19)26-16)25-15-21(23)24-2/h3-10H,11-15H2,1-2H3. The normalized spacial score (nSPS) is 10.9. The number of methoxy groups -OCH3 is 1. The van der Waals surface area contributed by atoms with Gasteiger partial charge < -0.3 is 13.9 Å². The van der Waals surface area contributed by atoms with Gasteiger partial charge in [0.1, 0.15) is 5.76 Å². The van der Waals surface area contributed by atoms with E-state index in [1.165, 1.54) is 18.2 Å². The number of carbonyl (C=O) groups excluding carboxylic acids is 1. The lowest BCUT2D eigenvalue weighted by Gasteiger charge is -2.05. The van der Waals surface area contributed by atoms with Crippen LogP contribution in [0.25, 0.3) is 11.0 Å². The van der Waals surface area contributed by atoms with Gasteiger partial charge in [-0.2, -0.15) is 11.8 Å². The maximum absolute atomic E-state index is 11.3. The van der Waals surface area contributed by atoms with Crippen molar-refractivity contribution in [2.45, 2.75) is 19.8 Å². The minimum Gasteiger partial charge on any atom is -0.478 e. The van der Waals surface area contributed by atoms with Crippen molar-refractivity contribution < 1.29 is 18.7 Å². The van der Waals surface area contributed by atoms with E-state index in [1.807, 2.05) is 43.0 Å². The van der Waals surface area contributed by atoms with Crippen molar-refractivity contribution in [3.63, 3.8) is 0 Å². The highest BCUT2D eigenvalue weighted by atomic mass is 32.2. The molecule has 0 fully saturated rings. The molecule has 0 aliphatic carbocycles. The zero-order valence-electron chi connectivity index (χ0n) is 15.7. The van der Waals surface area contributed by atoms with E-state index in [2.05, 4.69) is 29.0 Å². The van der Waals surface area contributed by atoms with E-state index in [-0.39, 0.29) is 6.61 Å².